The highest BCUT2D eigenvalue weighted by Crippen LogP contribution is 2.24. The van der Waals surface area contributed by atoms with E-state index in [2.05, 4.69) is 0 Å². The Morgan fingerprint density at radius 2 is 1.72 bits per heavy atom. The predicted octanol–water partition coefficient (Wildman–Crippen LogP) is 3.15. The zero-order valence-corrected chi connectivity index (χ0v) is 10.3. The van der Waals surface area contributed by atoms with Crippen molar-refractivity contribution in [3.05, 3.63) is 53.6 Å². The normalized spacial score (nSPS) is 10.1. The van der Waals surface area contributed by atoms with Crippen molar-refractivity contribution in [1.82, 2.24) is 0 Å². The minimum atomic E-state index is -0.348. The summed E-state index contributed by atoms with van der Waals surface area (Å²) in [6, 6.07) is 12.4. The van der Waals surface area contributed by atoms with Crippen LogP contribution in [0.2, 0.25) is 0 Å². The first-order chi connectivity index (χ1) is 8.60. The summed E-state index contributed by atoms with van der Waals surface area (Å²) in [5.74, 6) is -0.127. The van der Waals surface area contributed by atoms with E-state index in [-0.39, 0.29) is 11.7 Å². The van der Waals surface area contributed by atoms with Crippen LogP contribution in [0.15, 0.2) is 42.5 Å². The minimum Gasteiger partial charge on any atom is -0.508 e. The first-order valence-corrected chi connectivity index (χ1v) is 5.59. The van der Waals surface area contributed by atoms with Gasteiger partial charge >= 0.3 is 5.97 Å². The number of carbonyl (C=O) groups is 1. The Morgan fingerprint density at radius 3 is 2.33 bits per heavy atom. The fourth-order valence-electron chi connectivity index (χ4n) is 1.84. The summed E-state index contributed by atoms with van der Waals surface area (Å²) in [7, 11) is 1.37. The molecule has 0 saturated carbocycles. The summed E-state index contributed by atoms with van der Waals surface area (Å²) in [4.78, 5) is 11.5. The van der Waals surface area contributed by atoms with E-state index in [4.69, 9.17) is 4.74 Å². The third-order valence-corrected chi connectivity index (χ3v) is 2.70. The summed E-state index contributed by atoms with van der Waals surface area (Å²) >= 11 is 0. The standard InChI is InChI=1S/C15H14O3/c1-10-7-12(9-13(8-10)15(17)18-2)11-3-5-14(16)6-4-11/h3-9,16H,1-2H3. The van der Waals surface area contributed by atoms with Gasteiger partial charge in [0, 0.05) is 0 Å². The smallest absolute Gasteiger partial charge is 0.337 e. The molecule has 0 bridgehead atoms. The van der Waals surface area contributed by atoms with Gasteiger partial charge in [0.25, 0.3) is 0 Å². The molecule has 2 rings (SSSR count). The number of methoxy groups -OCH3 is 1. The maximum atomic E-state index is 11.5. The number of aryl methyl sites for hydroxylation is 1. The number of aromatic hydroxyl groups is 1. The van der Waals surface area contributed by atoms with Crippen molar-refractivity contribution in [3.8, 4) is 16.9 Å². The summed E-state index contributed by atoms with van der Waals surface area (Å²) in [5.41, 5.74) is 3.39. The highest BCUT2D eigenvalue weighted by molar-refractivity contribution is 5.91. The topological polar surface area (TPSA) is 46.5 Å². The Balaban J connectivity index is 2.48. The Morgan fingerprint density at radius 1 is 1.06 bits per heavy atom. The monoisotopic (exact) mass is 242 g/mol. The second-order valence-corrected chi connectivity index (χ2v) is 4.13. The molecule has 3 heteroatoms. The van der Waals surface area contributed by atoms with Gasteiger partial charge in [0.05, 0.1) is 12.7 Å². The number of hydrogen-bond donors (Lipinski definition) is 1. The second kappa shape index (κ2) is 4.92. The van der Waals surface area contributed by atoms with E-state index in [0.29, 0.717) is 5.56 Å². The molecule has 0 aliphatic heterocycles. The molecule has 0 fully saturated rings. The van der Waals surface area contributed by atoms with E-state index in [1.807, 2.05) is 25.1 Å². The van der Waals surface area contributed by atoms with E-state index >= 15 is 0 Å². The molecule has 3 nitrogen and oxygen atoms in total. The SMILES string of the molecule is COC(=O)c1cc(C)cc(-c2ccc(O)cc2)c1. The van der Waals surface area contributed by atoms with Crippen LogP contribution in [0.1, 0.15) is 15.9 Å². The van der Waals surface area contributed by atoms with Crippen molar-refractivity contribution in [3.63, 3.8) is 0 Å². The van der Waals surface area contributed by atoms with E-state index in [9.17, 15) is 9.90 Å². The van der Waals surface area contributed by atoms with E-state index in [0.717, 1.165) is 16.7 Å². The van der Waals surface area contributed by atoms with Crippen molar-refractivity contribution in [2.24, 2.45) is 0 Å². The van der Waals surface area contributed by atoms with Gasteiger partial charge in [-0.2, -0.15) is 0 Å². The molecule has 2 aromatic carbocycles. The molecule has 0 aromatic heterocycles. The molecule has 0 saturated heterocycles. The van der Waals surface area contributed by atoms with Gasteiger partial charge in [-0.25, -0.2) is 4.79 Å². The molecular formula is C15H14O3. The predicted molar refractivity (Wildman–Crippen MR) is 69.6 cm³/mol. The molecule has 0 unspecified atom stereocenters. The van der Waals surface area contributed by atoms with E-state index < -0.39 is 0 Å². The minimum absolute atomic E-state index is 0.222. The summed E-state index contributed by atoms with van der Waals surface area (Å²) < 4.78 is 4.72. The Kier molecular flexibility index (Phi) is 3.33. The number of carbonyl (C=O) groups excluding carboxylic acids is 1. The van der Waals surface area contributed by atoms with Crippen LogP contribution >= 0.6 is 0 Å². The van der Waals surface area contributed by atoms with Gasteiger partial charge in [-0.05, 0) is 47.9 Å². The summed E-state index contributed by atoms with van der Waals surface area (Å²) in [6.45, 7) is 1.93. The van der Waals surface area contributed by atoms with Crippen LogP contribution in [-0.4, -0.2) is 18.2 Å². The van der Waals surface area contributed by atoms with Crippen molar-refractivity contribution in [1.29, 1.82) is 0 Å². The molecule has 0 amide bonds. The van der Waals surface area contributed by atoms with Crippen LogP contribution in [0.3, 0.4) is 0 Å². The molecule has 1 N–H and O–H groups in total. The zero-order chi connectivity index (χ0) is 13.1. The fourth-order valence-corrected chi connectivity index (χ4v) is 1.84. The fraction of sp³-hybridized carbons (Fsp3) is 0.133. The van der Waals surface area contributed by atoms with Crippen LogP contribution in [0, 0.1) is 6.92 Å². The molecule has 92 valence electrons. The molecule has 0 aliphatic carbocycles. The average molecular weight is 242 g/mol. The number of ether oxygens (including phenoxy) is 1. The highest BCUT2D eigenvalue weighted by Gasteiger charge is 2.08. The lowest BCUT2D eigenvalue weighted by Crippen LogP contribution is -2.01. The molecule has 0 aliphatic rings. The van der Waals surface area contributed by atoms with Crippen molar-refractivity contribution >= 4 is 5.97 Å². The van der Waals surface area contributed by atoms with Gasteiger partial charge in [0.2, 0.25) is 0 Å². The van der Waals surface area contributed by atoms with Crippen LogP contribution in [-0.2, 0) is 4.74 Å². The lowest BCUT2D eigenvalue weighted by molar-refractivity contribution is 0.0600. The quantitative estimate of drug-likeness (QED) is 0.823. The lowest BCUT2D eigenvalue weighted by atomic mass is 10.0. The number of phenols is 1. The third-order valence-electron chi connectivity index (χ3n) is 2.70. The molecule has 18 heavy (non-hydrogen) atoms. The van der Waals surface area contributed by atoms with E-state index in [1.54, 1.807) is 24.3 Å². The molecule has 0 radical (unpaired) electrons. The number of hydrogen-bond acceptors (Lipinski definition) is 3. The Hall–Kier alpha value is -2.29. The maximum absolute atomic E-state index is 11.5. The number of phenolic OH excluding ortho intramolecular Hbond substituents is 1. The second-order valence-electron chi connectivity index (χ2n) is 4.13. The number of benzene rings is 2. The van der Waals surface area contributed by atoms with Gasteiger partial charge in [0.15, 0.2) is 0 Å². The Labute approximate surface area is 106 Å². The van der Waals surface area contributed by atoms with Gasteiger partial charge in [0.1, 0.15) is 5.75 Å². The van der Waals surface area contributed by atoms with Gasteiger partial charge in [-0.3, -0.25) is 0 Å². The zero-order valence-electron chi connectivity index (χ0n) is 10.3. The number of esters is 1. The molecule has 0 heterocycles. The van der Waals surface area contributed by atoms with Crippen LogP contribution < -0.4 is 0 Å². The van der Waals surface area contributed by atoms with Crippen molar-refractivity contribution in [2.75, 3.05) is 7.11 Å². The van der Waals surface area contributed by atoms with E-state index in [1.165, 1.54) is 7.11 Å². The van der Waals surface area contributed by atoms with Crippen molar-refractivity contribution in [2.45, 2.75) is 6.92 Å². The largest absolute Gasteiger partial charge is 0.508 e. The van der Waals surface area contributed by atoms with Gasteiger partial charge in [-0.1, -0.05) is 18.2 Å². The highest BCUT2D eigenvalue weighted by atomic mass is 16.5. The van der Waals surface area contributed by atoms with Gasteiger partial charge in [-0.15, -0.1) is 0 Å². The molecular weight excluding hydrogens is 228 g/mol. The maximum Gasteiger partial charge on any atom is 0.337 e. The molecule has 0 atom stereocenters. The first kappa shape index (κ1) is 12.2. The Bertz CT molecular complexity index is 571. The lowest BCUT2D eigenvalue weighted by Gasteiger charge is -2.07. The molecule has 2 aromatic rings. The van der Waals surface area contributed by atoms with Gasteiger partial charge < -0.3 is 9.84 Å². The first-order valence-electron chi connectivity index (χ1n) is 5.59. The summed E-state index contributed by atoms with van der Waals surface area (Å²) in [6.07, 6.45) is 0. The third kappa shape index (κ3) is 2.51. The van der Waals surface area contributed by atoms with Crippen LogP contribution in [0.5, 0.6) is 5.75 Å². The summed E-state index contributed by atoms with van der Waals surface area (Å²) in [5, 5.41) is 9.26. The van der Waals surface area contributed by atoms with Crippen LogP contribution in [0.4, 0.5) is 0 Å². The number of rotatable bonds is 2. The molecule has 0 spiro atoms. The van der Waals surface area contributed by atoms with Crippen molar-refractivity contribution < 1.29 is 14.6 Å². The average Bonchev–Trinajstić information content (AvgIpc) is 2.38. The van der Waals surface area contributed by atoms with Crippen LogP contribution in [0.25, 0.3) is 11.1 Å².